The number of carbonyl (C=O) groups is 2. The molecule has 0 unspecified atom stereocenters. The first-order chi connectivity index (χ1) is 17.0. The molecule has 0 bridgehead atoms. The molecule has 2 heterocycles. The molecule has 2 N–H and O–H groups in total. The molecule has 4 rings (SSSR count). The van der Waals surface area contributed by atoms with Crippen molar-refractivity contribution < 1.29 is 23.8 Å². The summed E-state index contributed by atoms with van der Waals surface area (Å²) in [6, 6.07) is 12.9. The van der Waals surface area contributed by atoms with E-state index >= 15 is 0 Å². The van der Waals surface area contributed by atoms with Crippen LogP contribution in [0, 0.1) is 0 Å². The lowest BCUT2D eigenvalue weighted by atomic mass is 10.1. The molecule has 9 heteroatoms. The van der Waals surface area contributed by atoms with Gasteiger partial charge in [-0.3, -0.25) is 4.90 Å². The van der Waals surface area contributed by atoms with Crippen LogP contribution in [-0.4, -0.2) is 63.5 Å². The van der Waals surface area contributed by atoms with E-state index in [-0.39, 0.29) is 5.92 Å². The van der Waals surface area contributed by atoms with E-state index in [2.05, 4.69) is 15.5 Å². The molecule has 3 aromatic rings. The molecule has 0 spiro atoms. The van der Waals surface area contributed by atoms with Crippen LogP contribution in [0.15, 0.2) is 42.5 Å². The number of amides is 2. The molecule has 1 aliphatic heterocycles. The molecular weight excluding hydrogens is 466 g/mol. The largest absolute Gasteiger partial charge is 0.492 e. The zero-order valence-corrected chi connectivity index (χ0v) is 21.1. The van der Waals surface area contributed by atoms with Crippen molar-refractivity contribution >= 4 is 45.5 Å². The van der Waals surface area contributed by atoms with Gasteiger partial charge in [0.2, 0.25) is 0 Å². The molecule has 1 aromatic heterocycles. The number of ether oxygens (including phenoxy) is 3. The molecule has 0 radical (unpaired) electrons. The van der Waals surface area contributed by atoms with Crippen molar-refractivity contribution in [1.29, 1.82) is 0 Å². The normalized spacial score (nSPS) is 14.2. The summed E-state index contributed by atoms with van der Waals surface area (Å²) in [4.78, 5) is 28.8. The average molecular weight is 498 g/mol. The Hall–Kier alpha value is -3.14. The predicted molar refractivity (Wildman–Crippen MR) is 139 cm³/mol. The Balaban J connectivity index is 1.47. The maximum absolute atomic E-state index is 12.9. The van der Waals surface area contributed by atoms with Gasteiger partial charge in [0, 0.05) is 35.3 Å². The molecule has 0 aliphatic carbocycles. The SMILES string of the molecule is COC(=O)c1sc(C(C)C)cc1NC(=O)Nc1ccc(OCCN2CCOCC2)c2ccccc12. The van der Waals surface area contributed by atoms with Gasteiger partial charge in [0.25, 0.3) is 0 Å². The summed E-state index contributed by atoms with van der Waals surface area (Å²) in [6.07, 6.45) is 0. The fourth-order valence-corrected chi connectivity index (χ4v) is 4.96. The second-order valence-electron chi connectivity index (χ2n) is 8.58. The number of nitrogens with zero attached hydrogens (tertiary/aromatic N) is 1. The van der Waals surface area contributed by atoms with Gasteiger partial charge in [-0.15, -0.1) is 11.3 Å². The van der Waals surface area contributed by atoms with Crippen LogP contribution in [0.25, 0.3) is 10.8 Å². The van der Waals surface area contributed by atoms with Crippen LogP contribution in [0.5, 0.6) is 5.75 Å². The topological polar surface area (TPSA) is 89.1 Å². The van der Waals surface area contributed by atoms with E-state index in [9.17, 15) is 9.59 Å². The third kappa shape index (κ3) is 6.11. The number of methoxy groups -OCH3 is 1. The minimum absolute atomic E-state index is 0.224. The van der Waals surface area contributed by atoms with Crippen molar-refractivity contribution in [3.8, 4) is 5.75 Å². The molecule has 1 aliphatic rings. The van der Waals surface area contributed by atoms with Crippen LogP contribution >= 0.6 is 11.3 Å². The number of morpholine rings is 1. The number of rotatable bonds is 8. The molecule has 2 amide bonds. The fraction of sp³-hybridized carbons (Fsp3) is 0.385. The fourth-order valence-electron chi connectivity index (χ4n) is 3.92. The molecule has 8 nitrogen and oxygen atoms in total. The smallest absolute Gasteiger partial charge is 0.350 e. The number of fused-ring (bicyclic) bond motifs is 1. The Kier molecular flexibility index (Phi) is 8.22. The first kappa shape index (κ1) is 25.0. The number of thiophene rings is 1. The van der Waals surface area contributed by atoms with E-state index in [1.54, 1.807) is 0 Å². The van der Waals surface area contributed by atoms with Crippen molar-refractivity contribution in [2.75, 3.05) is 57.2 Å². The standard InChI is InChI=1S/C26H31N3O5S/c1-17(2)23-16-21(24(35-23)25(30)32-3)28-26(31)27-20-8-9-22(19-7-5-4-6-18(19)20)34-15-12-29-10-13-33-14-11-29/h4-9,16-17H,10-15H2,1-3H3,(H2,27,28,31). The molecule has 2 aromatic carbocycles. The molecule has 1 saturated heterocycles. The van der Waals surface area contributed by atoms with Gasteiger partial charge in [0.1, 0.15) is 17.2 Å². The van der Waals surface area contributed by atoms with Crippen LogP contribution < -0.4 is 15.4 Å². The second-order valence-corrected chi connectivity index (χ2v) is 9.66. The predicted octanol–water partition coefficient (Wildman–Crippen LogP) is 5.17. The Bertz CT molecular complexity index is 1190. The molecular formula is C26H31N3O5S. The van der Waals surface area contributed by atoms with Gasteiger partial charge >= 0.3 is 12.0 Å². The van der Waals surface area contributed by atoms with Crippen LogP contribution in [0.1, 0.15) is 34.3 Å². The van der Waals surface area contributed by atoms with E-state index in [4.69, 9.17) is 14.2 Å². The van der Waals surface area contributed by atoms with Gasteiger partial charge in [0.05, 0.1) is 31.7 Å². The first-order valence-corrected chi connectivity index (χ1v) is 12.5. The number of anilines is 2. The number of esters is 1. The Labute approximate surface area is 209 Å². The highest BCUT2D eigenvalue weighted by atomic mass is 32.1. The lowest BCUT2D eigenvalue weighted by molar-refractivity contribution is 0.0323. The summed E-state index contributed by atoms with van der Waals surface area (Å²) in [7, 11) is 1.33. The van der Waals surface area contributed by atoms with E-state index < -0.39 is 12.0 Å². The van der Waals surface area contributed by atoms with Crippen LogP contribution in [0.2, 0.25) is 0 Å². The van der Waals surface area contributed by atoms with Gasteiger partial charge in [-0.1, -0.05) is 38.1 Å². The minimum atomic E-state index is -0.471. The summed E-state index contributed by atoms with van der Waals surface area (Å²) >= 11 is 1.33. The third-order valence-corrected chi connectivity index (χ3v) is 7.26. The maximum atomic E-state index is 12.9. The monoisotopic (exact) mass is 497 g/mol. The highest BCUT2D eigenvalue weighted by molar-refractivity contribution is 7.14. The van der Waals surface area contributed by atoms with Gasteiger partial charge < -0.3 is 24.8 Å². The summed E-state index contributed by atoms with van der Waals surface area (Å²) in [5.74, 6) is 0.523. The lowest BCUT2D eigenvalue weighted by Crippen LogP contribution is -2.38. The number of hydrogen-bond donors (Lipinski definition) is 2. The van der Waals surface area contributed by atoms with E-state index in [0.717, 1.165) is 54.2 Å². The summed E-state index contributed by atoms with van der Waals surface area (Å²) < 4.78 is 16.4. The van der Waals surface area contributed by atoms with E-state index in [0.29, 0.717) is 22.9 Å². The van der Waals surface area contributed by atoms with Crippen molar-refractivity contribution in [3.05, 3.63) is 52.2 Å². The quantitative estimate of drug-likeness (QED) is 0.418. The number of carbonyl (C=O) groups excluding carboxylic acids is 2. The molecule has 1 fully saturated rings. The average Bonchev–Trinajstić information content (AvgIpc) is 3.29. The van der Waals surface area contributed by atoms with E-state index in [1.807, 2.05) is 56.3 Å². The van der Waals surface area contributed by atoms with Crippen LogP contribution in [-0.2, 0) is 9.47 Å². The summed E-state index contributed by atoms with van der Waals surface area (Å²) in [5.41, 5.74) is 1.09. The van der Waals surface area contributed by atoms with Crippen molar-refractivity contribution in [1.82, 2.24) is 4.90 Å². The van der Waals surface area contributed by atoms with Crippen molar-refractivity contribution in [2.24, 2.45) is 0 Å². The van der Waals surface area contributed by atoms with Crippen molar-refractivity contribution in [3.63, 3.8) is 0 Å². The molecule has 35 heavy (non-hydrogen) atoms. The highest BCUT2D eigenvalue weighted by Crippen LogP contribution is 2.34. The number of urea groups is 1. The second kappa shape index (κ2) is 11.5. The van der Waals surface area contributed by atoms with Gasteiger partial charge in [0.15, 0.2) is 0 Å². The Morgan fingerprint density at radius 3 is 2.49 bits per heavy atom. The summed E-state index contributed by atoms with van der Waals surface area (Å²) in [6.45, 7) is 8.84. The molecule has 0 saturated carbocycles. The van der Waals surface area contributed by atoms with Crippen LogP contribution in [0.3, 0.4) is 0 Å². The molecule has 186 valence electrons. The number of benzene rings is 2. The zero-order chi connectivity index (χ0) is 24.8. The van der Waals surface area contributed by atoms with E-state index in [1.165, 1.54) is 18.4 Å². The Morgan fingerprint density at radius 1 is 1.06 bits per heavy atom. The van der Waals surface area contributed by atoms with Gasteiger partial charge in [-0.05, 0) is 24.1 Å². The highest BCUT2D eigenvalue weighted by Gasteiger charge is 2.20. The lowest BCUT2D eigenvalue weighted by Gasteiger charge is -2.26. The minimum Gasteiger partial charge on any atom is -0.492 e. The van der Waals surface area contributed by atoms with Gasteiger partial charge in [-0.2, -0.15) is 0 Å². The Morgan fingerprint density at radius 2 is 1.77 bits per heavy atom. The van der Waals surface area contributed by atoms with Crippen LogP contribution in [0.4, 0.5) is 16.2 Å². The maximum Gasteiger partial charge on any atom is 0.350 e. The van der Waals surface area contributed by atoms with Gasteiger partial charge in [-0.25, -0.2) is 9.59 Å². The zero-order valence-electron chi connectivity index (χ0n) is 20.3. The molecule has 0 atom stereocenters. The summed E-state index contributed by atoms with van der Waals surface area (Å²) in [5, 5.41) is 7.51. The van der Waals surface area contributed by atoms with Crippen molar-refractivity contribution in [2.45, 2.75) is 19.8 Å². The number of hydrogen-bond acceptors (Lipinski definition) is 7. The third-order valence-electron chi connectivity index (χ3n) is 5.84. The number of nitrogens with one attached hydrogen (secondary N) is 2. The first-order valence-electron chi connectivity index (χ1n) is 11.7.